The van der Waals surface area contributed by atoms with Gasteiger partial charge in [-0.25, -0.2) is 0 Å². The fourth-order valence-corrected chi connectivity index (χ4v) is 4.77. The molecule has 2 amide bonds. The molecule has 1 aromatic rings. The maximum atomic E-state index is 12.9. The van der Waals surface area contributed by atoms with Crippen LogP contribution in [0, 0.1) is 18.8 Å². The van der Waals surface area contributed by atoms with Crippen LogP contribution in [0.1, 0.15) is 44.6 Å². The molecule has 2 fully saturated rings. The Hall–Kier alpha value is -1.88. The summed E-state index contributed by atoms with van der Waals surface area (Å²) in [6.45, 7) is 6.32. The average Bonchev–Trinajstić information content (AvgIpc) is 2.68. The molecule has 2 aliphatic rings. The van der Waals surface area contributed by atoms with Gasteiger partial charge in [-0.05, 0) is 51.2 Å². The van der Waals surface area contributed by atoms with Crippen molar-refractivity contribution in [3.8, 4) is 0 Å². The number of anilines is 1. The highest BCUT2D eigenvalue weighted by atomic mass is 16.2. The standard InChI is InChI=1S/C22H33N3O2/c1-16-8-10-20(11-9-16)23-21(26)15-24(3)22(27)17(2)25-13-12-18-6-4-5-7-19(18)14-25/h8-11,17-19H,4-7,12-15H2,1-3H3,(H,23,26)/p+1/t17-,18-,19+/m0/s1. The van der Waals surface area contributed by atoms with E-state index in [0.717, 1.165) is 36.2 Å². The molecule has 0 bridgehead atoms. The highest BCUT2D eigenvalue weighted by Crippen LogP contribution is 2.32. The first-order chi connectivity index (χ1) is 12.9. The predicted octanol–water partition coefficient (Wildman–Crippen LogP) is 1.88. The number of fused-ring (bicyclic) bond motifs is 1. The van der Waals surface area contributed by atoms with E-state index in [1.807, 2.05) is 38.1 Å². The molecule has 0 spiro atoms. The molecule has 2 N–H and O–H groups in total. The molecule has 0 aromatic heterocycles. The number of quaternary nitrogens is 1. The normalized spacial score (nSPS) is 26.0. The van der Waals surface area contributed by atoms with E-state index in [9.17, 15) is 9.59 Å². The molecule has 4 atom stereocenters. The van der Waals surface area contributed by atoms with Crippen LogP contribution >= 0.6 is 0 Å². The summed E-state index contributed by atoms with van der Waals surface area (Å²) in [4.78, 5) is 28.1. The van der Waals surface area contributed by atoms with Gasteiger partial charge in [0.15, 0.2) is 6.04 Å². The molecule has 1 unspecified atom stereocenters. The van der Waals surface area contributed by atoms with Crippen molar-refractivity contribution in [1.82, 2.24) is 4.90 Å². The second-order valence-electron chi connectivity index (χ2n) is 8.54. The van der Waals surface area contributed by atoms with Crippen LogP contribution in [-0.2, 0) is 9.59 Å². The van der Waals surface area contributed by atoms with E-state index in [4.69, 9.17) is 0 Å². The summed E-state index contributed by atoms with van der Waals surface area (Å²) < 4.78 is 0. The number of likely N-dealkylation sites (N-methyl/N-ethyl adjacent to an activating group) is 1. The predicted molar refractivity (Wildman–Crippen MR) is 108 cm³/mol. The Balaban J connectivity index is 1.50. The lowest BCUT2D eigenvalue weighted by Crippen LogP contribution is -3.18. The monoisotopic (exact) mass is 372 g/mol. The van der Waals surface area contributed by atoms with Crippen molar-refractivity contribution in [2.45, 2.75) is 52.0 Å². The fourth-order valence-electron chi connectivity index (χ4n) is 4.77. The van der Waals surface area contributed by atoms with Crippen molar-refractivity contribution < 1.29 is 14.5 Å². The lowest BCUT2D eigenvalue weighted by Gasteiger charge is -2.41. The molecule has 27 heavy (non-hydrogen) atoms. The molecular weight excluding hydrogens is 338 g/mol. The maximum absolute atomic E-state index is 12.9. The second-order valence-corrected chi connectivity index (χ2v) is 8.54. The minimum atomic E-state index is -0.150. The Kier molecular flexibility index (Phi) is 6.53. The summed E-state index contributed by atoms with van der Waals surface area (Å²) in [6.07, 6.45) is 6.66. The van der Waals surface area contributed by atoms with Crippen LogP contribution < -0.4 is 10.2 Å². The second kappa shape index (κ2) is 8.87. The number of piperidine rings is 1. The number of hydrogen-bond donors (Lipinski definition) is 2. The van der Waals surface area contributed by atoms with Crippen molar-refractivity contribution in [2.75, 3.05) is 32.0 Å². The molecular formula is C22H34N3O2+. The average molecular weight is 373 g/mol. The van der Waals surface area contributed by atoms with Gasteiger partial charge in [0.05, 0.1) is 19.6 Å². The molecule has 5 heteroatoms. The van der Waals surface area contributed by atoms with Gasteiger partial charge in [-0.1, -0.05) is 30.5 Å². The Morgan fingerprint density at radius 3 is 2.52 bits per heavy atom. The number of nitrogens with one attached hydrogen (secondary N) is 2. The Morgan fingerprint density at radius 1 is 1.15 bits per heavy atom. The summed E-state index contributed by atoms with van der Waals surface area (Å²) in [5.74, 6) is 1.58. The van der Waals surface area contributed by atoms with Crippen LogP contribution in [-0.4, -0.2) is 49.4 Å². The van der Waals surface area contributed by atoms with Crippen LogP contribution in [0.3, 0.4) is 0 Å². The quantitative estimate of drug-likeness (QED) is 0.829. The van der Waals surface area contributed by atoms with Gasteiger partial charge in [0.25, 0.3) is 5.91 Å². The summed E-state index contributed by atoms with van der Waals surface area (Å²) in [7, 11) is 1.74. The molecule has 3 rings (SSSR count). The number of carbonyl (C=O) groups is 2. The van der Waals surface area contributed by atoms with Crippen LogP contribution in [0.5, 0.6) is 0 Å². The lowest BCUT2D eigenvalue weighted by atomic mass is 9.75. The van der Waals surface area contributed by atoms with Crippen molar-refractivity contribution >= 4 is 17.5 Å². The highest BCUT2D eigenvalue weighted by Gasteiger charge is 2.38. The lowest BCUT2D eigenvalue weighted by molar-refractivity contribution is -0.924. The first kappa shape index (κ1) is 19.9. The highest BCUT2D eigenvalue weighted by molar-refractivity contribution is 5.94. The number of hydrogen-bond acceptors (Lipinski definition) is 2. The molecule has 0 radical (unpaired) electrons. The zero-order chi connectivity index (χ0) is 19.4. The van der Waals surface area contributed by atoms with E-state index < -0.39 is 0 Å². The number of aryl methyl sites for hydroxylation is 1. The first-order valence-electron chi connectivity index (χ1n) is 10.4. The van der Waals surface area contributed by atoms with Crippen LogP contribution in [0.15, 0.2) is 24.3 Å². The number of benzene rings is 1. The minimum Gasteiger partial charge on any atom is -0.331 e. The molecule has 1 heterocycles. The van der Waals surface area contributed by atoms with Crippen molar-refractivity contribution in [2.24, 2.45) is 11.8 Å². The van der Waals surface area contributed by atoms with Gasteiger partial charge >= 0.3 is 0 Å². The maximum Gasteiger partial charge on any atom is 0.280 e. The van der Waals surface area contributed by atoms with Crippen LogP contribution in [0.25, 0.3) is 0 Å². The molecule has 1 saturated heterocycles. The third-order valence-corrected chi connectivity index (χ3v) is 6.50. The summed E-state index contributed by atoms with van der Waals surface area (Å²) in [5.41, 5.74) is 1.92. The van der Waals surface area contributed by atoms with E-state index >= 15 is 0 Å². The smallest absolute Gasteiger partial charge is 0.280 e. The first-order valence-corrected chi connectivity index (χ1v) is 10.4. The fraction of sp³-hybridized carbons (Fsp3) is 0.636. The third kappa shape index (κ3) is 5.10. The van der Waals surface area contributed by atoms with Gasteiger partial charge in [0.2, 0.25) is 5.91 Å². The zero-order valence-corrected chi connectivity index (χ0v) is 17.0. The van der Waals surface area contributed by atoms with Crippen molar-refractivity contribution in [1.29, 1.82) is 0 Å². The molecule has 1 saturated carbocycles. The van der Waals surface area contributed by atoms with E-state index in [2.05, 4.69) is 5.32 Å². The van der Waals surface area contributed by atoms with Gasteiger partial charge in [-0.3, -0.25) is 9.59 Å². The number of carbonyl (C=O) groups excluding carboxylic acids is 2. The molecule has 5 nitrogen and oxygen atoms in total. The topological polar surface area (TPSA) is 53.9 Å². The molecule has 148 valence electrons. The summed E-state index contributed by atoms with van der Waals surface area (Å²) >= 11 is 0. The van der Waals surface area contributed by atoms with E-state index in [0.29, 0.717) is 0 Å². The van der Waals surface area contributed by atoms with E-state index in [-0.39, 0.29) is 24.4 Å². The minimum absolute atomic E-state index is 0.0679. The van der Waals surface area contributed by atoms with Crippen LogP contribution in [0.4, 0.5) is 5.69 Å². The molecule has 1 aliphatic heterocycles. The molecule has 1 aliphatic carbocycles. The summed E-state index contributed by atoms with van der Waals surface area (Å²) in [6, 6.07) is 7.62. The Bertz CT molecular complexity index is 658. The number of likely N-dealkylation sites (tertiary alicyclic amines) is 1. The van der Waals surface area contributed by atoms with Crippen molar-refractivity contribution in [3.05, 3.63) is 29.8 Å². The Labute approximate surface area is 163 Å². The van der Waals surface area contributed by atoms with Gasteiger partial charge in [0.1, 0.15) is 0 Å². The SMILES string of the molecule is Cc1ccc(NC(=O)CN(C)C(=O)[C@H](C)[NH+]2CC[C@@H]3CCCC[C@@H]3C2)cc1. The number of nitrogens with zero attached hydrogens (tertiary/aromatic N) is 1. The molecule has 1 aromatic carbocycles. The third-order valence-electron chi connectivity index (χ3n) is 6.50. The van der Waals surface area contributed by atoms with Gasteiger partial charge < -0.3 is 15.1 Å². The van der Waals surface area contributed by atoms with Crippen LogP contribution in [0.2, 0.25) is 0 Å². The van der Waals surface area contributed by atoms with E-state index in [1.54, 1.807) is 11.9 Å². The summed E-state index contributed by atoms with van der Waals surface area (Å²) in [5, 5.41) is 2.87. The van der Waals surface area contributed by atoms with Crippen molar-refractivity contribution in [3.63, 3.8) is 0 Å². The largest absolute Gasteiger partial charge is 0.331 e. The zero-order valence-electron chi connectivity index (χ0n) is 17.0. The van der Waals surface area contributed by atoms with Gasteiger partial charge in [-0.2, -0.15) is 0 Å². The number of amides is 2. The van der Waals surface area contributed by atoms with Gasteiger partial charge in [-0.15, -0.1) is 0 Å². The number of rotatable bonds is 5. The Morgan fingerprint density at radius 2 is 1.81 bits per heavy atom. The van der Waals surface area contributed by atoms with E-state index in [1.165, 1.54) is 37.0 Å². The van der Waals surface area contributed by atoms with Gasteiger partial charge in [0, 0.05) is 18.7 Å².